The van der Waals surface area contributed by atoms with Crippen LogP contribution in [-0.2, 0) is 24.0 Å². The summed E-state index contributed by atoms with van der Waals surface area (Å²) >= 11 is 0. The van der Waals surface area contributed by atoms with Gasteiger partial charge in [-0.2, -0.15) is 4.90 Å². The number of ether oxygens (including phenoxy) is 3. The van der Waals surface area contributed by atoms with E-state index in [1.54, 1.807) is 113 Å². The molecule has 1 atom stereocenters. The Bertz CT molecular complexity index is 1900. The smallest absolute Gasteiger partial charge is 0.425 e. The summed E-state index contributed by atoms with van der Waals surface area (Å²) < 4.78 is 41.7. The van der Waals surface area contributed by atoms with E-state index in [1.165, 1.54) is 18.3 Å². The maximum atomic E-state index is 13.5. The topological polar surface area (TPSA) is 174 Å². The van der Waals surface area contributed by atoms with Crippen molar-refractivity contribution < 1.29 is 42.1 Å². The third-order valence-corrected chi connectivity index (χ3v) is 8.85. The number of hydrogen-bond acceptors (Lipinski definition) is 11. The van der Waals surface area contributed by atoms with Gasteiger partial charge in [-0.3, -0.25) is 0 Å². The van der Waals surface area contributed by atoms with E-state index in [0.717, 1.165) is 0 Å². The van der Waals surface area contributed by atoms with Gasteiger partial charge in [0.25, 0.3) is 0 Å². The van der Waals surface area contributed by atoms with Crippen molar-refractivity contribution >= 4 is 33.9 Å². The van der Waals surface area contributed by atoms with Crippen molar-refractivity contribution in [2.75, 3.05) is 11.4 Å². The van der Waals surface area contributed by atoms with Gasteiger partial charge < -0.3 is 24.6 Å². The number of nitrogens with zero attached hydrogens (tertiary/aromatic N) is 3. The number of carbonyl (C=O) groups excluding carboxylic acids is 3. The molecule has 0 saturated heterocycles. The Morgan fingerprint density at radius 1 is 0.808 bits per heavy atom. The van der Waals surface area contributed by atoms with Crippen LogP contribution in [0.15, 0.2) is 59.6 Å². The zero-order valence-corrected chi connectivity index (χ0v) is 32.3. The zero-order valence-electron chi connectivity index (χ0n) is 31.5. The number of anilines is 1. The first kappa shape index (κ1) is 41.4. The van der Waals surface area contributed by atoms with Crippen LogP contribution in [0, 0.1) is 11.8 Å². The molecular formula is C38H48N4O9S. The number of sulfone groups is 1. The van der Waals surface area contributed by atoms with Gasteiger partial charge in [-0.25, -0.2) is 32.8 Å². The van der Waals surface area contributed by atoms with Gasteiger partial charge >= 0.3 is 18.3 Å². The van der Waals surface area contributed by atoms with Crippen molar-refractivity contribution in [3.05, 3.63) is 71.5 Å². The monoisotopic (exact) mass is 736 g/mol. The summed E-state index contributed by atoms with van der Waals surface area (Å²) in [7, 11) is -3.52. The number of nitrogens with one attached hydrogen (secondary N) is 1. The fourth-order valence-corrected chi connectivity index (χ4v) is 5.31. The molecule has 280 valence electrons. The predicted octanol–water partition coefficient (Wildman–Crippen LogP) is 6.96. The third kappa shape index (κ3) is 12.1. The van der Waals surface area contributed by atoms with Gasteiger partial charge in [0.2, 0.25) is 0 Å². The lowest BCUT2D eigenvalue weighted by molar-refractivity contribution is 0.0425. The molecule has 1 unspecified atom stereocenters. The Morgan fingerprint density at radius 3 is 1.81 bits per heavy atom. The van der Waals surface area contributed by atoms with Crippen LogP contribution in [-0.4, -0.2) is 70.4 Å². The van der Waals surface area contributed by atoms with Crippen LogP contribution < -0.4 is 10.2 Å². The molecule has 3 amide bonds. The lowest BCUT2D eigenvalue weighted by atomic mass is 10.1. The molecule has 0 spiro atoms. The number of rotatable bonds is 7. The van der Waals surface area contributed by atoms with E-state index in [4.69, 9.17) is 14.2 Å². The van der Waals surface area contributed by atoms with Gasteiger partial charge in [0.05, 0.1) is 34.7 Å². The summed E-state index contributed by atoms with van der Waals surface area (Å²) in [5, 5.41) is 12.5. The summed E-state index contributed by atoms with van der Waals surface area (Å²) in [5.41, 5.74) is -0.954. The first-order valence-electron chi connectivity index (χ1n) is 16.6. The Hall–Kier alpha value is -5.00. The second-order valence-electron chi connectivity index (χ2n) is 15.1. The van der Waals surface area contributed by atoms with Crippen LogP contribution in [0.4, 0.5) is 20.2 Å². The number of benzene rings is 2. The molecule has 3 aromatic rings. The van der Waals surface area contributed by atoms with Crippen LogP contribution >= 0.6 is 0 Å². The predicted molar refractivity (Wildman–Crippen MR) is 196 cm³/mol. The van der Waals surface area contributed by atoms with E-state index in [9.17, 15) is 27.9 Å². The molecule has 0 saturated carbocycles. The summed E-state index contributed by atoms with van der Waals surface area (Å²) in [6, 6.07) is 12.7. The van der Waals surface area contributed by atoms with Gasteiger partial charge in [0.1, 0.15) is 16.8 Å². The lowest BCUT2D eigenvalue weighted by Gasteiger charge is -2.28. The first-order valence-corrected chi connectivity index (χ1v) is 18.2. The van der Waals surface area contributed by atoms with Crippen LogP contribution in [0.25, 0.3) is 11.3 Å². The summed E-state index contributed by atoms with van der Waals surface area (Å²) in [6.07, 6.45) is -2.48. The van der Waals surface area contributed by atoms with E-state index in [2.05, 4.69) is 27.1 Å². The van der Waals surface area contributed by atoms with Crippen molar-refractivity contribution in [1.29, 1.82) is 0 Å². The number of hydrogen-bond donors (Lipinski definition) is 2. The second kappa shape index (κ2) is 16.1. The van der Waals surface area contributed by atoms with Crippen LogP contribution in [0.1, 0.15) is 99.1 Å². The van der Waals surface area contributed by atoms with Crippen molar-refractivity contribution in [1.82, 2.24) is 15.3 Å². The number of carbonyl (C=O) groups is 3. The fraction of sp³-hybridized carbons (Fsp3) is 0.447. The standard InChI is InChI=1S/C38H48N4O9S/c1-24(2)52(47,48)28-19-17-26(18-20-28)30-22-39-32(42(34(45)50-37(6,7)8)35(46)51-38(9,10)11)29(41-30)21-14-25-12-15-27(16-13-25)31(43)23-40-33(44)49-36(3,4)5/h12-13,15-20,22,24,31,43H,23H2,1-11H3,(H,40,44). The second-order valence-corrected chi connectivity index (χ2v) is 17.6. The molecule has 0 bridgehead atoms. The molecule has 0 aliphatic rings. The SMILES string of the molecule is CC(C)S(=O)(=O)c1ccc(-c2cnc(N(C(=O)OC(C)(C)C)C(=O)OC(C)(C)C)c(C#Cc3ccc(C(O)CNC(=O)OC(C)(C)C)cc3)n2)cc1. The molecule has 3 rings (SSSR count). The summed E-state index contributed by atoms with van der Waals surface area (Å²) in [4.78, 5) is 48.8. The Kier molecular flexibility index (Phi) is 12.8. The minimum Gasteiger partial charge on any atom is -0.444 e. The average Bonchev–Trinajstić information content (AvgIpc) is 3.01. The van der Waals surface area contributed by atoms with E-state index in [-0.39, 0.29) is 28.6 Å². The van der Waals surface area contributed by atoms with Crippen molar-refractivity contribution in [3.8, 4) is 23.1 Å². The van der Waals surface area contributed by atoms with Gasteiger partial charge in [0, 0.05) is 11.1 Å². The zero-order chi connectivity index (χ0) is 39.2. The van der Waals surface area contributed by atoms with Crippen molar-refractivity contribution in [2.45, 2.75) is 109 Å². The van der Waals surface area contributed by atoms with Gasteiger partial charge in [-0.15, -0.1) is 0 Å². The van der Waals surface area contributed by atoms with Crippen molar-refractivity contribution in [2.24, 2.45) is 0 Å². The van der Waals surface area contributed by atoms with Gasteiger partial charge in [-0.1, -0.05) is 30.2 Å². The number of aromatic nitrogens is 2. The maximum Gasteiger partial charge on any atom is 0.425 e. The van der Waals surface area contributed by atoms with Gasteiger partial charge in [0.15, 0.2) is 21.3 Å². The molecule has 52 heavy (non-hydrogen) atoms. The maximum absolute atomic E-state index is 13.5. The number of alkyl carbamates (subject to hydrolysis) is 1. The largest absolute Gasteiger partial charge is 0.444 e. The molecule has 0 radical (unpaired) electrons. The fourth-order valence-electron chi connectivity index (χ4n) is 4.25. The molecule has 2 aromatic carbocycles. The molecule has 0 aliphatic carbocycles. The Balaban J connectivity index is 2.08. The van der Waals surface area contributed by atoms with E-state index in [0.29, 0.717) is 21.6 Å². The molecule has 2 N–H and O–H groups in total. The molecule has 0 fully saturated rings. The molecule has 0 aliphatic heterocycles. The summed E-state index contributed by atoms with van der Waals surface area (Å²) in [6.45, 7) is 18.2. The molecule has 13 nitrogen and oxygen atoms in total. The van der Waals surface area contributed by atoms with Crippen LogP contribution in [0.5, 0.6) is 0 Å². The highest BCUT2D eigenvalue weighted by Gasteiger charge is 2.35. The van der Waals surface area contributed by atoms with E-state index < -0.39 is 56.3 Å². The highest BCUT2D eigenvalue weighted by atomic mass is 32.2. The minimum atomic E-state index is -3.52. The number of amides is 3. The highest BCUT2D eigenvalue weighted by Crippen LogP contribution is 2.27. The molecule has 14 heteroatoms. The average molecular weight is 737 g/mol. The minimum absolute atomic E-state index is 0.0821. The van der Waals surface area contributed by atoms with Crippen LogP contribution in [0.3, 0.4) is 0 Å². The molecule has 1 heterocycles. The normalized spacial score (nSPS) is 12.6. The summed E-state index contributed by atoms with van der Waals surface area (Å²) in [5.74, 6) is 5.61. The quantitative estimate of drug-likeness (QED) is 0.190. The Morgan fingerprint density at radius 2 is 1.33 bits per heavy atom. The lowest BCUT2D eigenvalue weighted by Crippen LogP contribution is -2.44. The van der Waals surface area contributed by atoms with E-state index in [1.807, 2.05) is 0 Å². The molecule has 1 aromatic heterocycles. The third-order valence-electron chi connectivity index (χ3n) is 6.68. The first-order chi connectivity index (χ1) is 23.9. The number of imide groups is 1. The number of aliphatic hydroxyl groups excluding tert-OH is 1. The van der Waals surface area contributed by atoms with Gasteiger partial charge in [-0.05, 0) is 112 Å². The Labute approximate surface area is 306 Å². The highest BCUT2D eigenvalue weighted by molar-refractivity contribution is 7.92. The number of aliphatic hydroxyl groups is 1. The van der Waals surface area contributed by atoms with Crippen molar-refractivity contribution in [3.63, 3.8) is 0 Å². The van der Waals surface area contributed by atoms with E-state index >= 15 is 0 Å². The molecular weight excluding hydrogens is 689 g/mol. The van der Waals surface area contributed by atoms with Crippen LogP contribution in [0.2, 0.25) is 0 Å².